The van der Waals surface area contributed by atoms with Gasteiger partial charge in [0.15, 0.2) is 5.82 Å². The highest BCUT2D eigenvalue weighted by Gasteiger charge is 2.19. The molecule has 1 aliphatic rings. The molecule has 0 amide bonds. The number of hydrogen-bond donors (Lipinski definition) is 1. The van der Waals surface area contributed by atoms with Crippen molar-refractivity contribution < 1.29 is 0 Å². The predicted molar refractivity (Wildman–Crippen MR) is 84.9 cm³/mol. The SMILES string of the molecule is Cc1nccn1-c1ncccc1NCC1CCCCN1C. The van der Waals surface area contributed by atoms with Gasteiger partial charge in [-0.3, -0.25) is 4.57 Å². The highest BCUT2D eigenvalue weighted by Crippen LogP contribution is 2.20. The molecule has 3 heterocycles. The Morgan fingerprint density at radius 1 is 1.29 bits per heavy atom. The first kappa shape index (κ1) is 14.1. The van der Waals surface area contributed by atoms with Crippen LogP contribution < -0.4 is 5.32 Å². The molecular weight excluding hydrogens is 262 g/mol. The second-order valence-electron chi connectivity index (χ2n) is 5.73. The highest BCUT2D eigenvalue weighted by molar-refractivity contribution is 5.57. The van der Waals surface area contributed by atoms with E-state index in [9.17, 15) is 0 Å². The van der Waals surface area contributed by atoms with Gasteiger partial charge in [-0.15, -0.1) is 0 Å². The van der Waals surface area contributed by atoms with Crippen molar-refractivity contribution in [3.8, 4) is 5.82 Å². The summed E-state index contributed by atoms with van der Waals surface area (Å²) in [5, 5.41) is 3.58. The average Bonchev–Trinajstić information content (AvgIpc) is 2.93. The van der Waals surface area contributed by atoms with Crippen LogP contribution in [-0.4, -0.2) is 45.6 Å². The molecule has 21 heavy (non-hydrogen) atoms. The molecule has 1 atom stereocenters. The van der Waals surface area contributed by atoms with Gasteiger partial charge in [-0.05, 0) is 45.5 Å². The molecule has 2 aromatic heterocycles. The minimum absolute atomic E-state index is 0.607. The number of rotatable bonds is 4. The van der Waals surface area contributed by atoms with Crippen LogP contribution in [0.1, 0.15) is 25.1 Å². The van der Waals surface area contributed by atoms with Gasteiger partial charge >= 0.3 is 0 Å². The predicted octanol–water partition coefficient (Wildman–Crippen LogP) is 2.47. The second-order valence-corrected chi connectivity index (χ2v) is 5.73. The molecule has 0 saturated carbocycles. The zero-order valence-corrected chi connectivity index (χ0v) is 12.8. The van der Waals surface area contributed by atoms with Gasteiger partial charge in [-0.25, -0.2) is 9.97 Å². The summed E-state index contributed by atoms with van der Waals surface area (Å²) in [5.74, 6) is 1.87. The van der Waals surface area contributed by atoms with E-state index in [2.05, 4.69) is 33.3 Å². The minimum atomic E-state index is 0.607. The van der Waals surface area contributed by atoms with Crippen molar-refractivity contribution in [1.82, 2.24) is 19.4 Å². The number of imidazole rings is 1. The molecule has 1 aliphatic heterocycles. The van der Waals surface area contributed by atoms with E-state index < -0.39 is 0 Å². The van der Waals surface area contributed by atoms with E-state index in [-0.39, 0.29) is 0 Å². The van der Waals surface area contributed by atoms with Crippen molar-refractivity contribution >= 4 is 5.69 Å². The molecule has 0 bridgehead atoms. The van der Waals surface area contributed by atoms with E-state index >= 15 is 0 Å². The number of pyridine rings is 1. The summed E-state index contributed by atoms with van der Waals surface area (Å²) in [7, 11) is 2.22. The minimum Gasteiger partial charge on any atom is -0.380 e. The molecule has 3 rings (SSSR count). The largest absolute Gasteiger partial charge is 0.380 e. The number of likely N-dealkylation sites (N-methyl/N-ethyl adjacent to an activating group) is 1. The van der Waals surface area contributed by atoms with Gasteiger partial charge < -0.3 is 10.2 Å². The summed E-state index contributed by atoms with van der Waals surface area (Å²) in [6.07, 6.45) is 9.50. The van der Waals surface area contributed by atoms with Crippen molar-refractivity contribution in [3.05, 3.63) is 36.5 Å². The maximum Gasteiger partial charge on any atom is 0.161 e. The maximum atomic E-state index is 4.51. The molecule has 1 N–H and O–H groups in total. The summed E-state index contributed by atoms with van der Waals surface area (Å²) < 4.78 is 2.02. The molecular formula is C16H23N5. The van der Waals surface area contributed by atoms with E-state index in [1.54, 1.807) is 0 Å². The first-order chi connectivity index (χ1) is 10.3. The molecule has 0 aliphatic carbocycles. The number of anilines is 1. The van der Waals surface area contributed by atoms with Gasteiger partial charge in [0.25, 0.3) is 0 Å². The third-order valence-corrected chi connectivity index (χ3v) is 4.29. The van der Waals surface area contributed by atoms with Gasteiger partial charge in [-0.1, -0.05) is 6.42 Å². The molecule has 5 nitrogen and oxygen atoms in total. The van der Waals surface area contributed by atoms with Crippen LogP contribution in [0, 0.1) is 6.92 Å². The quantitative estimate of drug-likeness (QED) is 0.937. The number of nitrogens with one attached hydrogen (secondary N) is 1. The third-order valence-electron chi connectivity index (χ3n) is 4.29. The van der Waals surface area contributed by atoms with Gasteiger partial charge in [-0.2, -0.15) is 0 Å². The maximum absolute atomic E-state index is 4.51. The van der Waals surface area contributed by atoms with Crippen molar-refractivity contribution in [3.63, 3.8) is 0 Å². The molecule has 0 aromatic carbocycles. The first-order valence-electron chi connectivity index (χ1n) is 7.65. The fourth-order valence-corrected chi connectivity index (χ4v) is 2.96. The summed E-state index contributed by atoms with van der Waals surface area (Å²) in [4.78, 5) is 11.2. The third kappa shape index (κ3) is 3.08. The molecule has 0 radical (unpaired) electrons. The van der Waals surface area contributed by atoms with E-state index in [0.717, 1.165) is 23.9 Å². The Hall–Kier alpha value is -1.88. The summed E-state index contributed by atoms with van der Waals surface area (Å²) in [6.45, 7) is 4.16. The van der Waals surface area contributed by atoms with Crippen molar-refractivity contribution in [2.75, 3.05) is 25.5 Å². The molecule has 0 spiro atoms. The standard InChI is InChI=1S/C16H23N5/c1-13-17-9-11-21(13)16-15(7-5-8-18-16)19-12-14-6-3-4-10-20(14)2/h5,7-9,11,14,19H,3-4,6,10,12H2,1-2H3. The highest BCUT2D eigenvalue weighted by atomic mass is 15.2. The van der Waals surface area contributed by atoms with Gasteiger partial charge in [0.05, 0.1) is 5.69 Å². The van der Waals surface area contributed by atoms with Crippen molar-refractivity contribution in [2.24, 2.45) is 0 Å². The van der Waals surface area contributed by atoms with E-state index in [0.29, 0.717) is 6.04 Å². The fourth-order valence-electron chi connectivity index (χ4n) is 2.96. The lowest BCUT2D eigenvalue weighted by atomic mass is 10.0. The summed E-state index contributed by atoms with van der Waals surface area (Å²) in [6, 6.07) is 4.67. The zero-order chi connectivity index (χ0) is 14.7. The summed E-state index contributed by atoms with van der Waals surface area (Å²) >= 11 is 0. The van der Waals surface area contributed by atoms with Gasteiger partial charge in [0.2, 0.25) is 0 Å². The lowest BCUT2D eigenvalue weighted by molar-refractivity contribution is 0.194. The van der Waals surface area contributed by atoms with E-state index in [1.165, 1.54) is 25.8 Å². The zero-order valence-electron chi connectivity index (χ0n) is 12.8. The van der Waals surface area contributed by atoms with Crippen LogP contribution >= 0.6 is 0 Å². The van der Waals surface area contributed by atoms with Gasteiger partial charge in [0.1, 0.15) is 5.82 Å². The smallest absolute Gasteiger partial charge is 0.161 e. The molecule has 1 saturated heterocycles. The van der Waals surface area contributed by atoms with E-state index in [1.807, 2.05) is 36.1 Å². The van der Waals surface area contributed by atoms with Crippen LogP contribution in [0.25, 0.3) is 5.82 Å². The van der Waals surface area contributed by atoms with Crippen LogP contribution in [0.2, 0.25) is 0 Å². The number of aryl methyl sites for hydroxylation is 1. The lowest BCUT2D eigenvalue weighted by Gasteiger charge is -2.32. The van der Waals surface area contributed by atoms with Crippen LogP contribution in [0.3, 0.4) is 0 Å². The lowest BCUT2D eigenvalue weighted by Crippen LogP contribution is -2.40. The van der Waals surface area contributed by atoms with Crippen LogP contribution in [0.5, 0.6) is 0 Å². The molecule has 1 unspecified atom stereocenters. The number of nitrogens with zero attached hydrogens (tertiary/aromatic N) is 4. The number of aromatic nitrogens is 3. The van der Waals surface area contributed by atoms with Crippen molar-refractivity contribution in [2.45, 2.75) is 32.2 Å². The molecule has 2 aromatic rings. The summed E-state index contributed by atoms with van der Waals surface area (Å²) in [5.41, 5.74) is 1.07. The van der Waals surface area contributed by atoms with Gasteiger partial charge in [0, 0.05) is 31.2 Å². The number of likely N-dealkylation sites (tertiary alicyclic amines) is 1. The number of hydrogen-bond acceptors (Lipinski definition) is 4. The Kier molecular flexibility index (Phi) is 4.20. The fraction of sp³-hybridized carbons (Fsp3) is 0.500. The Labute approximate surface area is 126 Å². The Balaban J connectivity index is 1.75. The topological polar surface area (TPSA) is 46.0 Å². The van der Waals surface area contributed by atoms with Crippen LogP contribution in [0.4, 0.5) is 5.69 Å². The van der Waals surface area contributed by atoms with Crippen LogP contribution in [0.15, 0.2) is 30.7 Å². The van der Waals surface area contributed by atoms with E-state index in [4.69, 9.17) is 0 Å². The first-order valence-corrected chi connectivity index (χ1v) is 7.65. The normalized spacial score (nSPS) is 19.6. The average molecular weight is 285 g/mol. The second kappa shape index (κ2) is 6.26. The van der Waals surface area contributed by atoms with Crippen molar-refractivity contribution in [1.29, 1.82) is 0 Å². The molecule has 1 fully saturated rings. The number of piperidine rings is 1. The van der Waals surface area contributed by atoms with Crippen LogP contribution in [-0.2, 0) is 0 Å². The monoisotopic (exact) mass is 285 g/mol. The Morgan fingerprint density at radius 3 is 2.95 bits per heavy atom. The Bertz CT molecular complexity index is 592. The molecule has 112 valence electrons. The molecule has 5 heteroatoms. The Morgan fingerprint density at radius 2 is 2.19 bits per heavy atom.